The minimum absolute atomic E-state index is 0.160. The van der Waals surface area contributed by atoms with E-state index >= 15 is 0 Å². The summed E-state index contributed by atoms with van der Waals surface area (Å²) in [6, 6.07) is 15.8. The first kappa shape index (κ1) is 14.5. The van der Waals surface area contributed by atoms with Gasteiger partial charge >= 0.3 is 5.97 Å². The third-order valence-corrected chi connectivity index (χ3v) is 2.90. The summed E-state index contributed by atoms with van der Waals surface area (Å²) in [5.41, 5.74) is 2.05. The molecular formula is C17H15NO3. The standard InChI is InChI=1S/C17H15NO3/c1-12-7-9-13(10-8-12)11-15(17(20)21)18-16(19)14-5-3-2-4-6-14/h2-11H,1H3,(H,18,19)(H,20,21). The number of carboxylic acids is 1. The van der Waals surface area contributed by atoms with Gasteiger partial charge in [-0.25, -0.2) is 4.79 Å². The summed E-state index contributed by atoms with van der Waals surface area (Å²) in [4.78, 5) is 23.2. The molecule has 0 aromatic heterocycles. The lowest BCUT2D eigenvalue weighted by atomic mass is 10.1. The number of carbonyl (C=O) groups is 2. The molecule has 0 aliphatic carbocycles. The van der Waals surface area contributed by atoms with Crippen LogP contribution in [0.15, 0.2) is 60.3 Å². The topological polar surface area (TPSA) is 66.4 Å². The van der Waals surface area contributed by atoms with E-state index in [1.165, 1.54) is 6.08 Å². The minimum atomic E-state index is -1.18. The van der Waals surface area contributed by atoms with Crippen molar-refractivity contribution in [3.63, 3.8) is 0 Å². The number of aliphatic carboxylic acids is 1. The van der Waals surface area contributed by atoms with E-state index < -0.39 is 11.9 Å². The van der Waals surface area contributed by atoms with E-state index in [4.69, 9.17) is 0 Å². The van der Waals surface area contributed by atoms with Crippen LogP contribution in [0.4, 0.5) is 0 Å². The van der Waals surface area contributed by atoms with Gasteiger partial charge < -0.3 is 10.4 Å². The first-order valence-electron chi connectivity index (χ1n) is 6.44. The summed E-state index contributed by atoms with van der Waals surface area (Å²) in [6.45, 7) is 1.95. The van der Waals surface area contributed by atoms with Crippen molar-refractivity contribution >= 4 is 18.0 Å². The third kappa shape index (κ3) is 4.04. The van der Waals surface area contributed by atoms with Gasteiger partial charge in [0, 0.05) is 5.56 Å². The monoisotopic (exact) mass is 281 g/mol. The Morgan fingerprint density at radius 2 is 1.62 bits per heavy atom. The largest absolute Gasteiger partial charge is 0.477 e. The van der Waals surface area contributed by atoms with Crippen LogP contribution in [0.1, 0.15) is 21.5 Å². The molecule has 4 nitrogen and oxygen atoms in total. The molecule has 0 bridgehead atoms. The van der Waals surface area contributed by atoms with Crippen molar-refractivity contribution in [1.82, 2.24) is 5.32 Å². The van der Waals surface area contributed by atoms with Gasteiger partial charge in [0.15, 0.2) is 0 Å². The zero-order valence-corrected chi connectivity index (χ0v) is 11.5. The van der Waals surface area contributed by atoms with Crippen LogP contribution in [0, 0.1) is 6.92 Å². The van der Waals surface area contributed by atoms with Crippen molar-refractivity contribution in [1.29, 1.82) is 0 Å². The van der Waals surface area contributed by atoms with Crippen LogP contribution in [0.2, 0.25) is 0 Å². The SMILES string of the molecule is Cc1ccc(C=C(NC(=O)c2ccccc2)C(=O)O)cc1. The van der Waals surface area contributed by atoms with Crippen LogP contribution >= 0.6 is 0 Å². The molecule has 0 spiro atoms. The smallest absolute Gasteiger partial charge is 0.352 e. The summed E-state index contributed by atoms with van der Waals surface area (Å²) >= 11 is 0. The molecule has 0 heterocycles. The molecule has 2 aromatic carbocycles. The highest BCUT2D eigenvalue weighted by molar-refractivity contribution is 6.02. The van der Waals surface area contributed by atoms with Gasteiger partial charge in [0.2, 0.25) is 0 Å². The molecule has 0 atom stereocenters. The molecule has 0 saturated carbocycles. The van der Waals surface area contributed by atoms with E-state index in [0.29, 0.717) is 11.1 Å². The fourth-order valence-electron chi connectivity index (χ4n) is 1.76. The normalized spacial score (nSPS) is 11.0. The lowest BCUT2D eigenvalue weighted by molar-refractivity contribution is -0.132. The molecule has 0 aliphatic heterocycles. The van der Waals surface area contributed by atoms with Crippen molar-refractivity contribution in [2.24, 2.45) is 0 Å². The fourth-order valence-corrected chi connectivity index (χ4v) is 1.76. The second-order valence-electron chi connectivity index (χ2n) is 4.59. The van der Waals surface area contributed by atoms with Gasteiger partial charge in [-0.15, -0.1) is 0 Å². The predicted molar refractivity (Wildman–Crippen MR) is 80.7 cm³/mol. The zero-order valence-electron chi connectivity index (χ0n) is 11.5. The van der Waals surface area contributed by atoms with Crippen LogP contribution in [-0.4, -0.2) is 17.0 Å². The highest BCUT2D eigenvalue weighted by Gasteiger charge is 2.12. The molecule has 2 N–H and O–H groups in total. The summed E-state index contributed by atoms with van der Waals surface area (Å²) in [7, 11) is 0. The Bertz CT molecular complexity index is 673. The number of aryl methyl sites for hydroxylation is 1. The maximum atomic E-state index is 12.0. The Kier molecular flexibility index (Phi) is 4.51. The van der Waals surface area contributed by atoms with Crippen LogP contribution in [-0.2, 0) is 4.79 Å². The Hall–Kier alpha value is -2.88. The first-order valence-corrected chi connectivity index (χ1v) is 6.44. The quantitative estimate of drug-likeness (QED) is 0.847. The molecule has 0 unspecified atom stereocenters. The summed E-state index contributed by atoms with van der Waals surface area (Å²) < 4.78 is 0. The molecule has 0 aliphatic rings. The van der Waals surface area contributed by atoms with E-state index in [-0.39, 0.29) is 5.70 Å². The second-order valence-corrected chi connectivity index (χ2v) is 4.59. The van der Waals surface area contributed by atoms with Crippen LogP contribution < -0.4 is 5.32 Å². The molecule has 2 aromatic rings. The van der Waals surface area contributed by atoms with Gasteiger partial charge in [-0.05, 0) is 30.7 Å². The molecule has 2 rings (SSSR count). The maximum absolute atomic E-state index is 12.0. The first-order chi connectivity index (χ1) is 10.1. The van der Waals surface area contributed by atoms with Crippen LogP contribution in [0.3, 0.4) is 0 Å². The molecule has 4 heteroatoms. The molecule has 0 radical (unpaired) electrons. The summed E-state index contributed by atoms with van der Waals surface area (Å²) in [5.74, 6) is -1.63. The van der Waals surface area contributed by atoms with Gasteiger partial charge in [0.25, 0.3) is 5.91 Å². The van der Waals surface area contributed by atoms with Crippen molar-refractivity contribution in [2.75, 3.05) is 0 Å². The van der Waals surface area contributed by atoms with E-state index in [2.05, 4.69) is 5.32 Å². The van der Waals surface area contributed by atoms with Gasteiger partial charge in [-0.1, -0.05) is 48.0 Å². The molecule has 1 amide bonds. The average Bonchev–Trinajstić information content (AvgIpc) is 2.49. The van der Waals surface area contributed by atoms with Gasteiger partial charge in [-0.2, -0.15) is 0 Å². The Morgan fingerprint density at radius 1 is 1.00 bits per heavy atom. The predicted octanol–water partition coefficient (Wildman–Crippen LogP) is 2.85. The molecule has 0 saturated heterocycles. The number of rotatable bonds is 4. The average molecular weight is 281 g/mol. The molecule has 0 fully saturated rings. The summed E-state index contributed by atoms with van der Waals surface area (Å²) in [5, 5.41) is 11.6. The highest BCUT2D eigenvalue weighted by Crippen LogP contribution is 2.08. The number of amides is 1. The Balaban J connectivity index is 2.22. The zero-order chi connectivity index (χ0) is 15.2. The third-order valence-electron chi connectivity index (χ3n) is 2.90. The highest BCUT2D eigenvalue weighted by atomic mass is 16.4. The number of hydrogen-bond acceptors (Lipinski definition) is 2. The lowest BCUT2D eigenvalue weighted by Gasteiger charge is -2.06. The Morgan fingerprint density at radius 3 is 2.19 bits per heavy atom. The van der Waals surface area contributed by atoms with Gasteiger partial charge in [0.1, 0.15) is 5.70 Å². The van der Waals surface area contributed by atoms with Crippen molar-refractivity contribution in [2.45, 2.75) is 6.92 Å². The van der Waals surface area contributed by atoms with E-state index in [1.807, 2.05) is 19.1 Å². The molecule has 106 valence electrons. The second kappa shape index (κ2) is 6.52. The number of nitrogens with one attached hydrogen (secondary N) is 1. The van der Waals surface area contributed by atoms with Gasteiger partial charge in [-0.3, -0.25) is 4.79 Å². The fraction of sp³-hybridized carbons (Fsp3) is 0.0588. The van der Waals surface area contributed by atoms with Crippen LogP contribution in [0.5, 0.6) is 0 Å². The van der Waals surface area contributed by atoms with Crippen molar-refractivity contribution in [3.8, 4) is 0 Å². The maximum Gasteiger partial charge on any atom is 0.352 e. The molecular weight excluding hydrogens is 266 g/mol. The number of benzene rings is 2. The van der Waals surface area contributed by atoms with Gasteiger partial charge in [0.05, 0.1) is 0 Å². The minimum Gasteiger partial charge on any atom is -0.477 e. The van der Waals surface area contributed by atoms with E-state index in [0.717, 1.165) is 5.56 Å². The molecule has 21 heavy (non-hydrogen) atoms. The number of carboxylic acid groups (broad SMARTS) is 1. The summed E-state index contributed by atoms with van der Waals surface area (Å²) in [6.07, 6.45) is 1.43. The number of carbonyl (C=O) groups excluding carboxylic acids is 1. The van der Waals surface area contributed by atoms with E-state index in [9.17, 15) is 14.7 Å². The van der Waals surface area contributed by atoms with Crippen molar-refractivity contribution < 1.29 is 14.7 Å². The van der Waals surface area contributed by atoms with E-state index in [1.54, 1.807) is 42.5 Å². The Labute approximate surface area is 122 Å². The lowest BCUT2D eigenvalue weighted by Crippen LogP contribution is -2.27. The van der Waals surface area contributed by atoms with Crippen LogP contribution in [0.25, 0.3) is 6.08 Å². The number of hydrogen-bond donors (Lipinski definition) is 2. The van der Waals surface area contributed by atoms with Crippen molar-refractivity contribution in [3.05, 3.63) is 77.0 Å².